The predicted molar refractivity (Wildman–Crippen MR) is 177 cm³/mol. The van der Waals surface area contributed by atoms with Gasteiger partial charge in [0.05, 0.1) is 18.6 Å². The SMILES string of the molecule is CCC1CCN(C(=O)OC(C)(C)C)CC1.CCOC(=O)C1(CCCOCc2ccccc2)CCN(C(=O)OC(C)(C)C)CC1.O=C=O. The zero-order valence-corrected chi connectivity index (χ0v) is 29.9. The van der Waals surface area contributed by atoms with Crippen molar-refractivity contribution in [2.24, 2.45) is 11.3 Å². The lowest BCUT2D eigenvalue weighted by Crippen LogP contribution is -2.48. The summed E-state index contributed by atoms with van der Waals surface area (Å²) in [5.74, 6) is 0.635. The molecule has 2 aliphatic heterocycles. The van der Waals surface area contributed by atoms with Gasteiger partial charge in [-0.15, -0.1) is 0 Å². The highest BCUT2D eigenvalue weighted by Crippen LogP contribution is 2.38. The highest BCUT2D eigenvalue weighted by molar-refractivity contribution is 5.77. The number of hydrogen-bond acceptors (Lipinski definition) is 9. The van der Waals surface area contributed by atoms with Crippen LogP contribution in [0.25, 0.3) is 0 Å². The largest absolute Gasteiger partial charge is 0.466 e. The van der Waals surface area contributed by atoms with Gasteiger partial charge in [-0.25, -0.2) is 9.59 Å². The highest BCUT2D eigenvalue weighted by atomic mass is 16.6. The zero-order valence-electron chi connectivity index (χ0n) is 29.9. The van der Waals surface area contributed by atoms with Crippen molar-refractivity contribution in [3.63, 3.8) is 0 Å². The molecule has 0 bridgehead atoms. The second-order valence-corrected chi connectivity index (χ2v) is 14.0. The number of esters is 1. The maximum absolute atomic E-state index is 12.7. The van der Waals surface area contributed by atoms with Gasteiger partial charge in [-0.2, -0.15) is 9.59 Å². The molecule has 2 fully saturated rings. The fourth-order valence-electron chi connectivity index (χ4n) is 5.41. The third kappa shape index (κ3) is 16.8. The molecule has 2 aliphatic rings. The first-order chi connectivity index (χ1) is 22.1. The molecule has 0 radical (unpaired) electrons. The van der Waals surface area contributed by atoms with Crippen molar-refractivity contribution in [1.29, 1.82) is 0 Å². The summed E-state index contributed by atoms with van der Waals surface area (Å²) in [6.45, 7) is 19.5. The van der Waals surface area contributed by atoms with E-state index >= 15 is 0 Å². The minimum atomic E-state index is -0.551. The number of piperidine rings is 2. The van der Waals surface area contributed by atoms with Crippen molar-refractivity contribution in [2.75, 3.05) is 39.4 Å². The molecule has 0 unspecified atom stereocenters. The van der Waals surface area contributed by atoms with E-state index in [2.05, 4.69) is 6.92 Å². The Balaban J connectivity index is 0.000000513. The average Bonchev–Trinajstić information content (AvgIpc) is 3.01. The quantitative estimate of drug-likeness (QED) is 0.156. The van der Waals surface area contributed by atoms with Crippen molar-refractivity contribution in [1.82, 2.24) is 9.80 Å². The van der Waals surface area contributed by atoms with Crippen LogP contribution in [0.5, 0.6) is 0 Å². The Morgan fingerprint density at radius 3 is 1.77 bits per heavy atom. The molecular formula is C36H58N2O9. The molecule has 2 saturated heterocycles. The molecule has 11 nitrogen and oxygen atoms in total. The molecule has 1 aromatic carbocycles. The van der Waals surface area contributed by atoms with Crippen LogP contribution in [0.15, 0.2) is 30.3 Å². The first-order valence-electron chi connectivity index (χ1n) is 16.8. The van der Waals surface area contributed by atoms with Gasteiger partial charge in [0.1, 0.15) is 11.2 Å². The van der Waals surface area contributed by atoms with Crippen molar-refractivity contribution < 1.29 is 42.9 Å². The summed E-state index contributed by atoms with van der Waals surface area (Å²) in [7, 11) is 0. The molecule has 0 aromatic heterocycles. The summed E-state index contributed by atoms with van der Waals surface area (Å²) in [6, 6.07) is 10.0. The van der Waals surface area contributed by atoms with Crippen LogP contribution >= 0.6 is 0 Å². The molecule has 0 N–H and O–H groups in total. The predicted octanol–water partition coefficient (Wildman–Crippen LogP) is 7.02. The van der Waals surface area contributed by atoms with Crippen LogP contribution in [0.3, 0.4) is 0 Å². The minimum absolute atomic E-state index is 0.156. The van der Waals surface area contributed by atoms with Gasteiger partial charge in [0.2, 0.25) is 0 Å². The van der Waals surface area contributed by atoms with Crippen LogP contribution in [-0.4, -0.2) is 84.7 Å². The maximum Gasteiger partial charge on any atom is 0.410 e. The topological polar surface area (TPSA) is 129 Å². The van der Waals surface area contributed by atoms with Crippen LogP contribution < -0.4 is 0 Å². The maximum atomic E-state index is 12.7. The molecule has 2 heterocycles. The number of benzene rings is 1. The number of carbonyl (C=O) groups excluding carboxylic acids is 5. The van der Waals surface area contributed by atoms with Crippen LogP contribution in [-0.2, 0) is 39.9 Å². The first kappa shape index (κ1) is 41.6. The number of hydrogen-bond donors (Lipinski definition) is 0. The molecule has 0 atom stereocenters. The lowest BCUT2D eigenvalue weighted by atomic mass is 9.75. The van der Waals surface area contributed by atoms with Crippen molar-refractivity contribution in [3.05, 3.63) is 35.9 Å². The summed E-state index contributed by atoms with van der Waals surface area (Å²) >= 11 is 0. The molecule has 11 heteroatoms. The monoisotopic (exact) mass is 662 g/mol. The summed E-state index contributed by atoms with van der Waals surface area (Å²) in [5, 5.41) is 0. The Hall–Kier alpha value is -3.43. The van der Waals surface area contributed by atoms with Crippen LogP contribution in [0.2, 0.25) is 0 Å². The number of likely N-dealkylation sites (tertiary alicyclic amines) is 2. The highest BCUT2D eigenvalue weighted by Gasteiger charge is 2.43. The third-order valence-corrected chi connectivity index (χ3v) is 7.98. The van der Waals surface area contributed by atoms with Gasteiger partial charge in [0.15, 0.2) is 0 Å². The second kappa shape index (κ2) is 20.7. The molecule has 47 heavy (non-hydrogen) atoms. The molecule has 2 amide bonds. The smallest absolute Gasteiger partial charge is 0.410 e. The second-order valence-electron chi connectivity index (χ2n) is 14.0. The number of carbonyl (C=O) groups is 3. The molecule has 3 rings (SSSR count). The van der Waals surface area contributed by atoms with E-state index in [0.29, 0.717) is 52.2 Å². The fraction of sp³-hybridized carbons (Fsp3) is 0.722. The summed E-state index contributed by atoms with van der Waals surface area (Å²) < 4.78 is 21.9. The lowest BCUT2D eigenvalue weighted by Gasteiger charge is -2.40. The number of amides is 2. The van der Waals surface area contributed by atoms with Gasteiger partial charge in [0, 0.05) is 32.8 Å². The normalized spacial score (nSPS) is 16.3. The van der Waals surface area contributed by atoms with Gasteiger partial charge in [-0.1, -0.05) is 43.7 Å². The van der Waals surface area contributed by atoms with Gasteiger partial charge in [-0.3, -0.25) is 4.79 Å². The van der Waals surface area contributed by atoms with Crippen LogP contribution in [0.4, 0.5) is 9.59 Å². The van der Waals surface area contributed by atoms with Crippen LogP contribution in [0.1, 0.15) is 106 Å². The van der Waals surface area contributed by atoms with Gasteiger partial charge < -0.3 is 28.7 Å². The van der Waals surface area contributed by atoms with Gasteiger partial charge in [0.25, 0.3) is 0 Å². The standard InChI is InChI=1S/C23H35NO5.C12H23NO2.CO2/c1-5-28-20(25)23(12-9-17-27-18-19-10-7-6-8-11-19)13-15-24(16-14-23)21(26)29-22(2,3)4;1-5-10-6-8-13(9-7-10)11(14)15-12(2,3)4;2-1-3/h6-8,10-11H,5,9,12-18H2,1-4H3;10H,5-9H2,1-4H3;. The fourth-order valence-corrected chi connectivity index (χ4v) is 5.41. The van der Waals surface area contributed by atoms with E-state index in [4.69, 9.17) is 28.5 Å². The zero-order chi connectivity index (χ0) is 35.5. The van der Waals surface area contributed by atoms with Gasteiger partial charge in [-0.05, 0) is 98.5 Å². The van der Waals surface area contributed by atoms with E-state index in [-0.39, 0.29) is 29.9 Å². The lowest BCUT2D eigenvalue weighted by molar-refractivity contribution is -0.191. The Labute approximate surface area is 281 Å². The Morgan fingerprint density at radius 2 is 1.32 bits per heavy atom. The molecule has 266 valence electrons. The van der Waals surface area contributed by atoms with E-state index in [1.165, 1.54) is 6.42 Å². The van der Waals surface area contributed by atoms with Crippen LogP contribution in [0, 0.1) is 11.3 Å². The minimum Gasteiger partial charge on any atom is -0.466 e. The average molecular weight is 663 g/mol. The molecule has 1 aromatic rings. The third-order valence-electron chi connectivity index (χ3n) is 7.98. The molecule has 0 spiro atoms. The van der Waals surface area contributed by atoms with Crippen molar-refractivity contribution in [3.8, 4) is 0 Å². The van der Waals surface area contributed by atoms with Crippen molar-refractivity contribution >= 4 is 24.3 Å². The molecular weight excluding hydrogens is 604 g/mol. The Kier molecular flexibility index (Phi) is 18.3. The van der Waals surface area contributed by atoms with Crippen molar-refractivity contribution in [2.45, 2.75) is 118 Å². The summed E-state index contributed by atoms with van der Waals surface area (Å²) in [6.07, 6.45) is 5.89. The summed E-state index contributed by atoms with van der Waals surface area (Å²) in [5.41, 5.74) is -0.315. The van der Waals surface area contributed by atoms with E-state index in [1.54, 1.807) is 4.90 Å². The Morgan fingerprint density at radius 1 is 0.830 bits per heavy atom. The van der Waals surface area contributed by atoms with E-state index < -0.39 is 11.0 Å². The first-order valence-corrected chi connectivity index (χ1v) is 16.8. The van der Waals surface area contributed by atoms with E-state index in [0.717, 1.165) is 43.8 Å². The van der Waals surface area contributed by atoms with Gasteiger partial charge >= 0.3 is 24.3 Å². The number of ether oxygens (including phenoxy) is 4. The van der Waals surface area contributed by atoms with E-state index in [9.17, 15) is 14.4 Å². The van der Waals surface area contributed by atoms with E-state index in [1.807, 2.05) is 83.7 Å². The number of nitrogens with zero attached hydrogens (tertiary/aromatic N) is 2. The number of rotatable bonds is 9. The Bertz CT molecular complexity index is 1090. The molecule has 0 saturated carbocycles. The summed E-state index contributed by atoms with van der Waals surface area (Å²) in [4.78, 5) is 56.5. The molecule has 0 aliphatic carbocycles.